The van der Waals surface area contributed by atoms with Crippen LogP contribution in [0, 0.1) is 11.3 Å². The third kappa shape index (κ3) is 1.86. The first-order valence-electron chi connectivity index (χ1n) is 3.44. The molecule has 6 heteroatoms. The van der Waals surface area contributed by atoms with Gasteiger partial charge < -0.3 is 0 Å². The molecule has 0 saturated carbocycles. The Hall–Kier alpha value is -1.54. The number of pyridine rings is 1. The van der Waals surface area contributed by atoms with Crippen molar-refractivity contribution < 1.29 is 13.6 Å². The molecular weight excluding hydrogens is 214 g/mol. The van der Waals surface area contributed by atoms with Crippen LogP contribution < -0.4 is 0 Å². The first kappa shape index (κ1) is 10.5. The van der Waals surface area contributed by atoms with E-state index in [9.17, 15) is 13.6 Å². The summed E-state index contributed by atoms with van der Waals surface area (Å²) in [6.07, 6.45) is -2.53. The molecule has 0 aliphatic rings. The highest BCUT2D eigenvalue weighted by Crippen LogP contribution is 2.26. The Bertz CT molecular complexity index is 415. The molecule has 1 aromatic rings. The number of nitrogens with zero attached hydrogens (tertiary/aromatic N) is 2. The number of hydrogen-bond donors (Lipinski definition) is 0. The SMILES string of the molecule is N#Cc1nc(C(F)F)c(Cl)cc1C=O. The van der Waals surface area contributed by atoms with Gasteiger partial charge in [-0.05, 0) is 6.07 Å². The van der Waals surface area contributed by atoms with Crippen LogP contribution in [0.15, 0.2) is 6.07 Å². The quantitative estimate of drug-likeness (QED) is 0.713. The monoisotopic (exact) mass is 216 g/mol. The van der Waals surface area contributed by atoms with E-state index in [0.29, 0.717) is 6.29 Å². The molecule has 0 saturated heterocycles. The van der Waals surface area contributed by atoms with Gasteiger partial charge in [-0.25, -0.2) is 13.8 Å². The lowest BCUT2D eigenvalue weighted by molar-refractivity contribution is 0.112. The highest BCUT2D eigenvalue weighted by molar-refractivity contribution is 6.31. The van der Waals surface area contributed by atoms with Crippen molar-refractivity contribution in [1.82, 2.24) is 4.98 Å². The van der Waals surface area contributed by atoms with Gasteiger partial charge in [0.15, 0.2) is 12.0 Å². The van der Waals surface area contributed by atoms with Gasteiger partial charge in [0.25, 0.3) is 6.43 Å². The number of rotatable bonds is 2. The maximum atomic E-state index is 12.2. The summed E-state index contributed by atoms with van der Waals surface area (Å²) < 4.78 is 24.5. The number of hydrogen-bond acceptors (Lipinski definition) is 3. The van der Waals surface area contributed by atoms with E-state index in [2.05, 4.69) is 4.98 Å². The Labute approximate surface area is 82.9 Å². The molecule has 0 unspecified atom stereocenters. The standard InChI is InChI=1S/C8H3ClF2N2O/c9-5-1-4(3-14)6(2-12)13-7(5)8(10)11/h1,3,8H. The predicted molar refractivity (Wildman–Crippen MR) is 44.3 cm³/mol. The van der Waals surface area contributed by atoms with Crippen LogP contribution in [0.3, 0.4) is 0 Å². The molecule has 1 heterocycles. The minimum absolute atomic E-state index is 0.0955. The zero-order chi connectivity index (χ0) is 10.7. The van der Waals surface area contributed by atoms with Crippen molar-refractivity contribution in [3.05, 3.63) is 28.0 Å². The summed E-state index contributed by atoms with van der Waals surface area (Å²) in [6, 6.07) is 2.54. The fraction of sp³-hybridized carbons (Fsp3) is 0.125. The number of halogens is 3. The van der Waals surface area contributed by atoms with Crippen molar-refractivity contribution in [2.24, 2.45) is 0 Å². The molecule has 0 aliphatic heterocycles. The molecule has 1 rings (SSSR count). The van der Waals surface area contributed by atoms with Gasteiger partial charge in [0.2, 0.25) is 0 Å². The maximum Gasteiger partial charge on any atom is 0.281 e. The van der Waals surface area contributed by atoms with E-state index in [-0.39, 0.29) is 16.3 Å². The van der Waals surface area contributed by atoms with Crippen molar-refractivity contribution in [3.8, 4) is 6.07 Å². The van der Waals surface area contributed by atoms with Gasteiger partial charge in [-0.3, -0.25) is 4.79 Å². The molecule has 0 fully saturated rings. The lowest BCUT2D eigenvalue weighted by Gasteiger charge is -2.03. The second-order valence-corrected chi connectivity index (χ2v) is 2.73. The lowest BCUT2D eigenvalue weighted by Crippen LogP contribution is -1.99. The fourth-order valence-electron chi connectivity index (χ4n) is 0.850. The van der Waals surface area contributed by atoms with Crippen LogP contribution in [0.2, 0.25) is 5.02 Å². The van der Waals surface area contributed by atoms with Crippen LogP contribution in [0.25, 0.3) is 0 Å². The summed E-state index contributed by atoms with van der Waals surface area (Å²) in [5.74, 6) is 0. The smallest absolute Gasteiger partial charge is 0.281 e. The number of aromatic nitrogens is 1. The number of nitriles is 1. The van der Waals surface area contributed by atoms with Crippen molar-refractivity contribution in [3.63, 3.8) is 0 Å². The average molecular weight is 217 g/mol. The van der Waals surface area contributed by atoms with Crippen molar-refractivity contribution >= 4 is 17.9 Å². The number of aldehydes is 1. The molecule has 3 nitrogen and oxygen atoms in total. The predicted octanol–water partition coefficient (Wildman–Crippen LogP) is 2.36. The Morgan fingerprint density at radius 2 is 2.29 bits per heavy atom. The Balaban J connectivity index is 3.39. The third-order valence-electron chi connectivity index (χ3n) is 1.47. The maximum absolute atomic E-state index is 12.2. The summed E-state index contributed by atoms with van der Waals surface area (Å²) in [5.41, 5.74) is -1.13. The summed E-state index contributed by atoms with van der Waals surface area (Å²) in [6.45, 7) is 0. The van der Waals surface area contributed by atoms with E-state index in [1.54, 1.807) is 0 Å². The summed E-state index contributed by atoms with van der Waals surface area (Å²) in [7, 11) is 0. The zero-order valence-corrected chi connectivity index (χ0v) is 7.42. The Morgan fingerprint density at radius 3 is 2.71 bits per heavy atom. The lowest BCUT2D eigenvalue weighted by atomic mass is 10.2. The average Bonchev–Trinajstić information content (AvgIpc) is 2.16. The van der Waals surface area contributed by atoms with Crippen molar-refractivity contribution in [2.45, 2.75) is 6.43 Å². The number of carbonyl (C=O) groups excluding carboxylic acids is 1. The van der Waals surface area contributed by atoms with E-state index in [1.807, 2.05) is 0 Å². The largest absolute Gasteiger partial charge is 0.298 e. The highest BCUT2D eigenvalue weighted by atomic mass is 35.5. The molecule has 1 aromatic heterocycles. The molecule has 0 N–H and O–H groups in total. The highest BCUT2D eigenvalue weighted by Gasteiger charge is 2.17. The van der Waals surface area contributed by atoms with E-state index in [1.165, 1.54) is 6.07 Å². The van der Waals surface area contributed by atoms with Gasteiger partial charge in [0.05, 0.1) is 10.6 Å². The summed E-state index contributed by atoms with van der Waals surface area (Å²) in [4.78, 5) is 13.7. The molecule has 0 spiro atoms. The van der Waals surface area contributed by atoms with E-state index < -0.39 is 12.1 Å². The fourth-order valence-corrected chi connectivity index (χ4v) is 1.09. The van der Waals surface area contributed by atoms with Crippen LogP contribution >= 0.6 is 11.6 Å². The molecule has 0 radical (unpaired) electrons. The minimum Gasteiger partial charge on any atom is -0.298 e. The van der Waals surface area contributed by atoms with Gasteiger partial charge in [0.1, 0.15) is 11.8 Å². The van der Waals surface area contributed by atoms with E-state index in [4.69, 9.17) is 16.9 Å². The normalized spacial score (nSPS) is 9.93. The van der Waals surface area contributed by atoms with Crippen molar-refractivity contribution in [1.29, 1.82) is 5.26 Å². The zero-order valence-electron chi connectivity index (χ0n) is 6.67. The van der Waals surface area contributed by atoms with Crippen molar-refractivity contribution in [2.75, 3.05) is 0 Å². The van der Waals surface area contributed by atoms with E-state index in [0.717, 1.165) is 6.07 Å². The summed E-state index contributed by atoms with van der Waals surface area (Å²) in [5, 5.41) is 8.17. The van der Waals surface area contributed by atoms with Gasteiger partial charge in [-0.15, -0.1) is 0 Å². The van der Waals surface area contributed by atoms with Gasteiger partial charge in [-0.2, -0.15) is 5.26 Å². The number of alkyl halides is 2. The van der Waals surface area contributed by atoms with Crippen LogP contribution in [0.4, 0.5) is 8.78 Å². The van der Waals surface area contributed by atoms with Crippen LogP contribution in [0.5, 0.6) is 0 Å². The van der Waals surface area contributed by atoms with Crippen LogP contribution in [0.1, 0.15) is 28.2 Å². The second kappa shape index (κ2) is 4.11. The molecular formula is C8H3ClF2N2O. The number of carbonyl (C=O) groups is 1. The minimum atomic E-state index is -2.87. The van der Waals surface area contributed by atoms with Gasteiger partial charge >= 0.3 is 0 Å². The molecule has 0 aliphatic carbocycles. The Morgan fingerprint density at radius 1 is 1.64 bits per heavy atom. The molecule has 0 atom stereocenters. The first-order chi connectivity index (χ1) is 6.60. The van der Waals surface area contributed by atoms with Gasteiger partial charge in [-0.1, -0.05) is 11.6 Å². The van der Waals surface area contributed by atoms with E-state index >= 15 is 0 Å². The third-order valence-corrected chi connectivity index (χ3v) is 1.77. The topological polar surface area (TPSA) is 53.8 Å². The molecule has 0 aromatic carbocycles. The molecule has 14 heavy (non-hydrogen) atoms. The summed E-state index contributed by atoms with van der Waals surface area (Å²) >= 11 is 5.42. The molecule has 72 valence electrons. The van der Waals surface area contributed by atoms with Gasteiger partial charge in [0, 0.05) is 0 Å². The molecule has 0 bridgehead atoms. The Kier molecular flexibility index (Phi) is 3.10. The van der Waals surface area contributed by atoms with Crippen LogP contribution in [-0.4, -0.2) is 11.3 Å². The van der Waals surface area contributed by atoms with Crippen LogP contribution in [-0.2, 0) is 0 Å². The molecule has 0 amide bonds. The first-order valence-corrected chi connectivity index (χ1v) is 3.81. The second-order valence-electron chi connectivity index (χ2n) is 2.32.